The van der Waals surface area contributed by atoms with Gasteiger partial charge in [0.2, 0.25) is 0 Å². The Hall–Kier alpha value is -3.41. The Kier molecular flexibility index (Phi) is 4.47. The first kappa shape index (κ1) is 16.1. The summed E-state index contributed by atoms with van der Waals surface area (Å²) in [5.41, 5.74) is 4.52. The van der Waals surface area contributed by atoms with Gasteiger partial charge in [-0.1, -0.05) is 24.3 Å². The lowest BCUT2D eigenvalue weighted by molar-refractivity contribution is 0.0942. The largest absolute Gasteiger partial charge is 0.352 e. The van der Waals surface area contributed by atoms with E-state index in [1.165, 1.54) is 0 Å². The molecule has 1 N–H and O–H groups in total. The second-order valence-electron chi connectivity index (χ2n) is 6.13. The third kappa shape index (κ3) is 3.35. The van der Waals surface area contributed by atoms with E-state index in [0.29, 0.717) is 5.56 Å². The van der Waals surface area contributed by atoms with Gasteiger partial charge in [-0.3, -0.25) is 20.2 Å². The summed E-state index contributed by atoms with van der Waals surface area (Å²) in [6.45, 7) is 1.58. The summed E-state index contributed by atoms with van der Waals surface area (Å²) < 4.78 is 0. The van der Waals surface area contributed by atoms with Crippen LogP contribution in [0.5, 0.6) is 0 Å². The molecule has 0 bridgehead atoms. The lowest BCUT2D eigenvalue weighted by Gasteiger charge is -2.46. The predicted molar refractivity (Wildman–Crippen MR) is 101 cm³/mol. The molecule has 1 amide bonds. The average Bonchev–Trinajstić information content (AvgIpc) is 2.68. The Bertz CT molecular complexity index is 851. The minimum atomic E-state index is -0.168. The molecule has 6 nitrogen and oxygen atoms in total. The number of hydrazine groups is 1. The number of benzene rings is 1. The number of para-hydroxylation sites is 1. The molecular weight excluding hydrogens is 326 g/mol. The molecule has 1 fully saturated rings. The predicted octanol–water partition coefficient (Wildman–Crippen LogP) is 2.52. The highest BCUT2D eigenvalue weighted by Gasteiger charge is 2.34. The molecule has 1 aliphatic heterocycles. The summed E-state index contributed by atoms with van der Waals surface area (Å²) in [4.78, 5) is 23.2. The smallest absolute Gasteiger partial charge is 0.271 e. The van der Waals surface area contributed by atoms with Gasteiger partial charge in [0, 0.05) is 31.7 Å². The van der Waals surface area contributed by atoms with E-state index in [1.54, 1.807) is 30.7 Å². The van der Waals surface area contributed by atoms with Gasteiger partial charge >= 0.3 is 0 Å². The van der Waals surface area contributed by atoms with Crippen molar-refractivity contribution in [1.82, 2.24) is 15.4 Å². The maximum atomic E-state index is 12.6. The van der Waals surface area contributed by atoms with Crippen molar-refractivity contribution in [2.24, 2.45) is 0 Å². The summed E-state index contributed by atoms with van der Waals surface area (Å²) in [7, 11) is 0. The number of carbonyl (C=O) groups is 1. The van der Waals surface area contributed by atoms with Crippen LogP contribution >= 0.6 is 0 Å². The van der Waals surface area contributed by atoms with Crippen LogP contribution in [-0.4, -0.2) is 35.0 Å². The second kappa shape index (κ2) is 7.23. The minimum Gasteiger partial charge on any atom is -0.352 e. The number of pyridine rings is 2. The lowest BCUT2D eigenvalue weighted by atomic mass is 10.1. The van der Waals surface area contributed by atoms with Crippen molar-refractivity contribution in [3.05, 3.63) is 84.8 Å². The van der Waals surface area contributed by atoms with Crippen LogP contribution in [0.4, 0.5) is 11.5 Å². The zero-order valence-electron chi connectivity index (χ0n) is 14.2. The molecule has 6 heteroatoms. The summed E-state index contributed by atoms with van der Waals surface area (Å²) in [5, 5.41) is 1.94. The Morgan fingerprint density at radius 3 is 2.50 bits per heavy atom. The van der Waals surface area contributed by atoms with Crippen molar-refractivity contribution in [2.75, 3.05) is 23.0 Å². The summed E-state index contributed by atoms with van der Waals surface area (Å²) in [6.07, 6.45) is 5.02. The van der Waals surface area contributed by atoms with Gasteiger partial charge in [-0.15, -0.1) is 0 Å². The molecule has 0 radical (unpaired) electrons. The van der Waals surface area contributed by atoms with E-state index in [-0.39, 0.29) is 11.9 Å². The maximum Gasteiger partial charge on any atom is 0.271 e. The normalized spacial score (nSPS) is 13.8. The van der Waals surface area contributed by atoms with E-state index in [0.717, 1.165) is 24.6 Å². The lowest BCUT2D eigenvalue weighted by Crippen LogP contribution is -2.64. The van der Waals surface area contributed by atoms with Crippen LogP contribution < -0.4 is 15.3 Å². The van der Waals surface area contributed by atoms with Crippen LogP contribution in [0.3, 0.4) is 0 Å². The number of hydrogen-bond acceptors (Lipinski definition) is 5. The second-order valence-corrected chi connectivity index (χ2v) is 6.13. The molecule has 1 aliphatic rings. The first-order chi connectivity index (χ1) is 12.8. The number of carbonyl (C=O) groups excluding carboxylic acids is 1. The fourth-order valence-corrected chi connectivity index (χ4v) is 2.97. The molecule has 1 aromatic carbocycles. The average molecular weight is 345 g/mol. The zero-order valence-corrected chi connectivity index (χ0v) is 14.2. The van der Waals surface area contributed by atoms with Gasteiger partial charge in [0.25, 0.3) is 5.91 Å². The van der Waals surface area contributed by atoms with Crippen LogP contribution in [0.25, 0.3) is 0 Å². The van der Waals surface area contributed by atoms with E-state index < -0.39 is 0 Å². The monoisotopic (exact) mass is 345 g/mol. The van der Waals surface area contributed by atoms with Crippen molar-refractivity contribution in [1.29, 1.82) is 0 Å². The van der Waals surface area contributed by atoms with Crippen LogP contribution in [0.2, 0.25) is 0 Å². The number of amides is 1. The van der Waals surface area contributed by atoms with Crippen molar-refractivity contribution >= 4 is 17.4 Å². The number of rotatable bonds is 5. The van der Waals surface area contributed by atoms with Crippen LogP contribution in [-0.2, 0) is 0 Å². The Balaban J connectivity index is 1.51. The first-order valence-electron chi connectivity index (χ1n) is 8.52. The van der Waals surface area contributed by atoms with Crippen LogP contribution in [0.15, 0.2) is 79.3 Å². The summed E-state index contributed by atoms with van der Waals surface area (Å²) in [5.74, 6) is 0.786. The molecule has 0 aliphatic carbocycles. The molecule has 1 saturated heterocycles. The van der Waals surface area contributed by atoms with Gasteiger partial charge in [-0.25, -0.2) is 4.98 Å². The van der Waals surface area contributed by atoms with Crippen molar-refractivity contribution in [3.8, 4) is 0 Å². The van der Waals surface area contributed by atoms with Gasteiger partial charge in [-0.05, 0) is 36.4 Å². The van der Waals surface area contributed by atoms with Gasteiger partial charge in [0.05, 0.1) is 17.3 Å². The van der Waals surface area contributed by atoms with Gasteiger partial charge in [-0.2, -0.15) is 0 Å². The van der Waals surface area contributed by atoms with E-state index in [1.807, 2.05) is 53.5 Å². The number of aromatic nitrogens is 2. The highest BCUT2D eigenvalue weighted by atomic mass is 16.2. The highest BCUT2D eigenvalue weighted by Crippen LogP contribution is 2.24. The molecule has 2 aromatic heterocycles. The fraction of sp³-hybridized carbons (Fsp3) is 0.150. The van der Waals surface area contributed by atoms with Crippen LogP contribution in [0.1, 0.15) is 10.4 Å². The van der Waals surface area contributed by atoms with Crippen molar-refractivity contribution in [2.45, 2.75) is 6.04 Å². The van der Waals surface area contributed by atoms with E-state index >= 15 is 0 Å². The number of anilines is 2. The quantitative estimate of drug-likeness (QED) is 0.720. The third-order valence-corrected chi connectivity index (χ3v) is 4.38. The topological polar surface area (TPSA) is 61.4 Å². The fourth-order valence-electron chi connectivity index (χ4n) is 2.97. The SMILES string of the molecule is O=C(NN(c1ccccc1)C1CN(c2ccccn2)C1)c1cccnc1. The molecule has 0 atom stereocenters. The first-order valence-corrected chi connectivity index (χ1v) is 8.52. The standard InChI is InChI=1S/C20H19N5O/c26-20(16-7-6-11-21-13-16)23-25(17-8-2-1-3-9-17)18-14-24(15-18)19-10-4-5-12-22-19/h1-13,18H,14-15H2,(H,23,26). The molecule has 0 saturated carbocycles. The molecule has 4 rings (SSSR count). The van der Waals surface area contributed by atoms with E-state index in [4.69, 9.17) is 0 Å². The molecule has 130 valence electrons. The molecule has 0 spiro atoms. The van der Waals surface area contributed by atoms with E-state index in [9.17, 15) is 4.79 Å². The summed E-state index contributed by atoms with van der Waals surface area (Å²) >= 11 is 0. The van der Waals surface area contributed by atoms with E-state index in [2.05, 4.69) is 20.3 Å². The van der Waals surface area contributed by atoms with Crippen molar-refractivity contribution in [3.63, 3.8) is 0 Å². The third-order valence-electron chi connectivity index (χ3n) is 4.38. The molecule has 3 heterocycles. The number of nitrogens with one attached hydrogen (secondary N) is 1. The van der Waals surface area contributed by atoms with Gasteiger partial charge < -0.3 is 4.90 Å². The van der Waals surface area contributed by atoms with Crippen LogP contribution in [0, 0.1) is 0 Å². The minimum absolute atomic E-state index is 0.167. The molecule has 0 unspecified atom stereocenters. The molecule has 3 aromatic rings. The van der Waals surface area contributed by atoms with Gasteiger partial charge in [0.1, 0.15) is 5.82 Å². The zero-order chi connectivity index (χ0) is 17.8. The maximum absolute atomic E-state index is 12.6. The Morgan fingerprint density at radius 1 is 1.00 bits per heavy atom. The molecular formula is C20H19N5O. The number of hydrogen-bond donors (Lipinski definition) is 1. The Labute approximate surface area is 152 Å². The highest BCUT2D eigenvalue weighted by molar-refractivity contribution is 5.94. The number of nitrogens with zero attached hydrogens (tertiary/aromatic N) is 4. The van der Waals surface area contributed by atoms with Crippen molar-refractivity contribution < 1.29 is 4.79 Å². The van der Waals surface area contributed by atoms with Gasteiger partial charge in [0.15, 0.2) is 0 Å². The summed E-state index contributed by atoms with van der Waals surface area (Å²) in [6, 6.07) is 19.4. The molecule has 26 heavy (non-hydrogen) atoms. The Morgan fingerprint density at radius 2 is 1.81 bits per heavy atom.